The first kappa shape index (κ1) is 12.6. The molecule has 2 N–H and O–H groups in total. The Morgan fingerprint density at radius 1 is 1.47 bits per heavy atom. The summed E-state index contributed by atoms with van der Waals surface area (Å²) in [6, 6.07) is 7.69. The number of carbonyl (C=O) groups excluding carboxylic acids is 1. The Hall–Kier alpha value is -0.870. The van der Waals surface area contributed by atoms with Gasteiger partial charge in [-0.3, -0.25) is 4.79 Å². The van der Waals surface area contributed by atoms with Gasteiger partial charge in [-0.2, -0.15) is 0 Å². The summed E-state index contributed by atoms with van der Waals surface area (Å²) in [6.45, 7) is 2.05. The molecule has 17 heavy (non-hydrogen) atoms. The fourth-order valence-electron chi connectivity index (χ4n) is 2.12. The molecule has 1 atom stereocenters. The van der Waals surface area contributed by atoms with E-state index in [0.29, 0.717) is 12.3 Å². The van der Waals surface area contributed by atoms with E-state index in [2.05, 4.69) is 26.6 Å². The van der Waals surface area contributed by atoms with Crippen molar-refractivity contribution < 1.29 is 4.79 Å². The maximum atomic E-state index is 11.9. The second-order valence-electron chi connectivity index (χ2n) is 4.44. The number of halogens is 1. The molecule has 1 aromatic carbocycles. The summed E-state index contributed by atoms with van der Waals surface area (Å²) in [6.07, 6.45) is 2.93. The summed E-state index contributed by atoms with van der Waals surface area (Å²) in [5, 5.41) is 6.27. The summed E-state index contributed by atoms with van der Waals surface area (Å²) in [4.78, 5) is 11.9. The SMILES string of the molecule is O=C(CC1CCCNC1)Nc1ccccc1Br. The van der Waals surface area contributed by atoms with Crippen LogP contribution < -0.4 is 10.6 Å². The molecule has 4 heteroatoms. The lowest BCUT2D eigenvalue weighted by atomic mass is 9.96. The maximum Gasteiger partial charge on any atom is 0.224 e. The van der Waals surface area contributed by atoms with E-state index >= 15 is 0 Å². The van der Waals surface area contributed by atoms with Crippen molar-refractivity contribution >= 4 is 27.5 Å². The van der Waals surface area contributed by atoms with Gasteiger partial charge in [0.15, 0.2) is 0 Å². The van der Waals surface area contributed by atoms with Gasteiger partial charge in [-0.1, -0.05) is 12.1 Å². The van der Waals surface area contributed by atoms with Gasteiger partial charge >= 0.3 is 0 Å². The molecule has 3 nitrogen and oxygen atoms in total. The normalized spacial score (nSPS) is 19.9. The number of para-hydroxylation sites is 1. The molecule has 1 amide bonds. The van der Waals surface area contributed by atoms with E-state index in [-0.39, 0.29) is 5.91 Å². The molecule has 1 aromatic rings. The lowest BCUT2D eigenvalue weighted by Crippen LogP contribution is -2.32. The molecule has 0 spiro atoms. The van der Waals surface area contributed by atoms with Crippen LogP contribution in [0.25, 0.3) is 0 Å². The highest BCUT2D eigenvalue weighted by Crippen LogP contribution is 2.22. The van der Waals surface area contributed by atoms with E-state index < -0.39 is 0 Å². The van der Waals surface area contributed by atoms with Crippen LogP contribution in [-0.4, -0.2) is 19.0 Å². The number of nitrogens with one attached hydrogen (secondary N) is 2. The average Bonchev–Trinajstić information content (AvgIpc) is 2.33. The third-order valence-corrected chi connectivity index (χ3v) is 3.71. The Morgan fingerprint density at radius 3 is 3.00 bits per heavy atom. The molecule has 1 aliphatic heterocycles. The minimum atomic E-state index is 0.102. The zero-order chi connectivity index (χ0) is 12.1. The van der Waals surface area contributed by atoms with Gasteiger partial charge in [0.1, 0.15) is 0 Å². The van der Waals surface area contributed by atoms with Crippen molar-refractivity contribution in [1.29, 1.82) is 0 Å². The van der Waals surface area contributed by atoms with Crippen molar-refractivity contribution in [3.8, 4) is 0 Å². The molecular weight excluding hydrogens is 280 g/mol. The van der Waals surface area contributed by atoms with Crippen molar-refractivity contribution in [3.05, 3.63) is 28.7 Å². The van der Waals surface area contributed by atoms with Gasteiger partial charge in [0, 0.05) is 10.9 Å². The van der Waals surface area contributed by atoms with E-state index in [4.69, 9.17) is 0 Å². The zero-order valence-electron chi connectivity index (χ0n) is 9.71. The summed E-state index contributed by atoms with van der Waals surface area (Å²) >= 11 is 3.42. The van der Waals surface area contributed by atoms with Crippen molar-refractivity contribution in [3.63, 3.8) is 0 Å². The van der Waals surface area contributed by atoms with Crippen LogP contribution >= 0.6 is 15.9 Å². The summed E-state index contributed by atoms with van der Waals surface area (Å²) in [7, 11) is 0. The van der Waals surface area contributed by atoms with Crippen LogP contribution in [0.2, 0.25) is 0 Å². The predicted octanol–water partition coefficient (Wildman–Crippen LogP) is 2.78. The number of hydrogen-bond acceptors (Lipinski definition) is 2. The molecule has 1 fully saturated rings. The Morgan fingerprint density at radius 2 is 2.29 bits per heavy atom. The fourth-order valence-corrected chi connectivity index (χ4v) is 2.51. The minimum Gasteiger partial charge on any atom is -0.325 e. The summed E-state index contributed by atoms with van der Waals surface area (Å²) < 4.78 is 0.926. The van der Waals surface area contributed by atoms with E-state index in [1.54, 1.807) is 0 Å². The average molecular weight is 297 g/mol. The molecule has 1 unspecified atom stereocenters. The lowest BCUT2D eigenvalue weighted by molar-refractivity contribution is -0.117. The van der Waals surface area contributed by atoms with Crippen molar-refractivity contribution in [2.45, 2.75) is 19.3 Å². The van der Waals surface area contributed by atoms with E-state index in [0.717, 1.165) is 29.7 Å². The molecule has 0 saturated carbocycles. The molecule has 1 aliphatic rings. The second-order valence-corrected chi connectivity index (χ2v) is 5.30. The standard InChI is InChI=1S/C13H17BrN2O/c14-11-5-1-2-6-12(11)16-13(17)8-10-4-3-7-15-9-10/h1-2,5-6,10,15H,3-4,7-9H2,(H,16,17). The zero-order valence-corrected chi connectivity index (χ0v) is 11.3. The van der Waals surface area contributed by atoms with E-state index in [9.17, 15) is 4.79 Å². The number of piperidine rings is 1. The molecule has 0 aromatic heterocycles. The smallest absolute Gasteiger partial charge is 0.224 e. The van der Waals surface area contributed by atoms with Gasteiger partial charge in [-0.25, -0.2) is 0 Å². The van der Waals surface area contributed by atoms with E-state index in [1.807, 2.05) is 24.3 Å². The number of anilines is 1. The number of rotatable bonds is 3. The number of amides is 1. The third-order valence-electron chi connectivity index (χ3n) is 3.02. The maximum absolute atomic E-state index is 11.9. The lowest BCUT2D eigenvalue weighted by Gasteiger charge is -2.22. The van der Waals surface area contributed by atoms with Gasteiger partial charge < -0.3 is 10.6 Å². The van der Waals surface area contributed by atoms with Gasteiger partial charge in [-0.15, -0.1) is 0 Å². The quantitative estimate of drug-likeness (QED) is 0.900. The van der Waals surface area contributed by atoms with Gasteiger partial charge in [0.05, 0.1) is 5.69 Å². The highest BCUT2D eigenvalue weighted by Gasteiger charge is 2.17. The molecule has 2 rings (SSSR count). The van der Waals surface area contributed by atoms with Crippen LogP contribution in [0, 0.1) is 5.92 Å². The Bertz CT molecular complexity index is 389. The van der Waals surface area contributed by atoms with Crippen molar-refractivity contribution in [1.82, 2.24) is 5.32 Å². The first-order chi connectivity index (χ1) is 8.25. The second kappa shape index (κ2) is 6.17. The van der Waals surface area contributed by atoms with Crippen molar-refractivity contribution in [2.75, 3.05) is 18.4 Å². The van der Waals surface area contributed by atoms with Crippen molar-refractivity contribution in [2.24, 2.45) is 5.92 Å². The monoisotopic (exact) mass is 296 g/mol. The van der Waals surface area contributed by atoms with Crippen LogP contribution in [-0.2, 0) is 4.79 Å². The van der Waals surface area contributed by atoms with Crippen LogP contribution in [0.1, 0.15) is 19.3 Å². The number of hydrogen-bond donors (Lipinski definition) is 2. The van der Waals surface area contributed by atoms with Crippen LogP contribution in [0.15, 0.2) is 28.7 Å². The fraction of sp³-hybridized carbons (Fsp3) is 0.462. The Balaban J connectivity index is 1.86. The van der Waals surface area contributed by atoms with Crippen LogP contribution in [0.3, 0.4) is 0 Å². The molecule has 0 radical (unpaired) electrons. The molecule has 92 valence electrons. The minimum absolute atomic E-state index is 0.102. The summed E-state index contributed by atoms with van der Waals surface area (Å²) in [5.41, 5.74) is 0.848. The van der Waals surface area contributed by atoms with Crippen LogP contribution in [0.5, 0.6) is 0 Å². The predicted molar refractivity (Wildman–Crippen MR) is 73.0 cm³/mol. The number of benzene rings is 1. The molecule has 1 saturated heterocycles. The van der Waals surface area contributed by atoms with E-state index in [1.165, 1.54) is 6.42 Å². The molecule has 1 heterocycles. The Labute approximate surface area is 110 Å². The highest BCUT2D eigenvalue weighted by molar-refractivity contribution is 9.10. The highest BCUT2D eigenvalue weighted by atomic mass is 79.9. The van der Waals surface area contributed by atoms with Gasteiger partial charge in [0.25, 0.3) is 0 Å². The van der Waals surface area contributed by atoms with Crippen LogP contribution in [0.4, 0.5) is 5.69 Å². The first-order valence-electron chi connectivity index (χ1n) is 6.01. The van der Waals surface area contributed by atoms with Gasteiger partial charge in [0.2, 0.25) is 5.91 Å². The molecule has 0 bridgehead atoms. The van der Waals surface area contributed by atoms with Gasteiger partial charge in [-0.05, 0) is 59.9 Å². The summed E-state index contributed by atoms with van der Waals surface area (Å²) in [5.74, 6) is 0.580. The third kappa shape index (κ3) is 3.82. The largest absolute Gasteiger partial charge is 0.325 e. The molecular formula is C13H17BrN2O. The first-order valence-corrected chi connectivity index (χ1v) is 6.80. The number of carbonyl (C=O) groups is 1. The Kier molecular flexibility index (Phi) is 4.57. The topological polar surface area (TPSA) is 41.1 Å². The molecule has 0 aliphatic carbocycles.